The van der Waals surface area contributed by atoms with E-state index in [1.54, 1.807) is 29.3 Å². The van der Waals surface area contributed by atoms with Crippen LogP contribution in [0.1, 0.15) is 23.2 Å². The molecule has 1 aliphatic heterocycles. The molecule has 1 fully saturated rings. The van der Waals surface area contributed by atoms with Crippen LogP contribution < -0.4 is 10.1 Å². The van der Waals surface area contributed by atoms with Crippen molar-refractivity contribution in [1.82, 2.24) is 14.9 Å². The quantitative estimate of drug-likeness (QED) is 0.681. The van der Waals surface area contributed by atoms with E-state index < -0.39 is 5.82 Å². The molecule has 2 aromatic carbocycles. The van der Waals surface area contributed by atoms with E-state index in [2.05, 4.69) is 15.3 Å². The van der Waals surface area contributed by atoms with Crippen molar-refractivity contribution in [3.63, 3.8) is 0 Å². The van der Waals surface area contributed by atoms with Crippen LogP contribution in [0, 0.1) is 11.6 Å². The van der Waals surface area contributed by atoms with Crippen molar-refractivity contribution in [2.45, 2.75) is 18.9 Å². The van der Waals surface area contributed by atoms with Crippen molar-refractivity contribution in [1.29, 1.82) is 0 Å². The molecule has 0 atom stereocenters. The first-order valence-electron chi connectivity index (χ1n) is 9.65. The number of nitrogens with zero attached hydrogens (tertiary/aromatic N) is 3. The molecule has 0 unspecified atom stereocenters. The number of halogens is 2. The van der Waals surface area contributed by atoms with Gasteiger partial charge < -0.3 is 15.0 Å². The van der Waals surface area contributed by atoms with Gasteiger partial charge >= 0.3 is 0 Å². The minimum Gasteiger partial charge on any atom is -0.439 e. The number of rotatable bonds is 5. The van der Waals surface area contributed by atoms with Crippen molar-refractivity contribution in [2.24, 2.45) is 0 Å². The Bertz CT molecular complexity index is 1020. The second kappa shape index (κ2) is 8.86. The molecule has 1 amide bonds. The van der Waals surface area contributed by atoms with Crippen molar-refractivity contribution < 1.29 is 18.3 Å². The van der Waals surface area contributed by atoms with Gasteiger partial charge in [-0.2, -0.15) is 4.98 Å². The van der Waals surface area contributed by atoms with Crippen LogP contribution >= 0.6 is 0 Å². The van der Waals surface area contributed by atoms with Gasteiger partial charge in [-0.1, -0.05) is 12.1 Å². The number of carbonyl (C=O) groups excluding carboxylic acids is 1. The van der Waals surface area contributed by atoms with Gasteiger partial charge in [-0.05, 0) is 49.2 Å². The second-order valence-electron chi connectivity index (χ2n) is 6.97. The molecule has 0 bridgehead atoms. The smallest absolute Gasteiger partial charge is 0.256 e. The summed E-state index contributed by atoms with van der Waals surface area (Å²) in [6, 6.07) is 13.4. The molecule has 0 spiro atoms. The summed E-state index contributed by atoms with van der Waals surface area (Å²) < 4.78 is 32.5. The van der Waals surface area contributed by atoms with Gasteiger partial charge in [0.25, 0.3) is 5.91 Å². The molecule has 1 saturated heterocycles. The van der Waals surface area contributed by atoms with E-state index in [1.165, 1.54) is 36.4 Å². The zero-order valence-electron chi connectivity index (χ0n) is 16.1. The van der Waals surface area contributed by atoms with E-state index in [4.69, 9.17) is 4.74 Å². The van der Waals surface area contributed by atoms with Crippen LogP contribution in [0.3, 0.4) is 0 Å². The highest BCUT2D eigenvalue weighted by Gasteiger charge is 2.25. The van der Waals surface area contributed by atoms with Gasteiger partial charge in [-0.15, -0.1) is 0 Å². The van der Waals surface area contributed by atoms with Crippen molar-refractivity contribution >= 4 is 11.9 Å². The molecule has 0 radical (unpaired) electrons. The van der Waals surface area contributed by atoms with Crippen LogP contribution in [0.25, 0.3) is 0 Å². The van der Waals surface area contributed by atoms with Crippen LogP contribution in [0.2, 0.25) is 0 Å². The predicted octanol–water partition coefficient (Wildman–Crippen LogP) is 4.26. The highest BCUT2D eigenvalue weighted by Crippen LogP contribution is 2.22. The molecule has 3 aromatic rings. The fraction of sp³-hybridized carbons (Fsp3) is 0.227. The Hall–Kier alpha value is -3.55. The molecule has 154 valence electrons. The summed E-state index contributed by atoms with van der Waals surface area (Å²) in [6.07, 6.45) is 2.95. The number of nitrogens with one attached hydrogen (secondary N) is 1. The Kier molecular flexibility index (Phi) is 5.83. The summed E-state index contributed by atoms with van der Waals surface area (Å²) in [5, 5.41) is 3.25. The normalized spacial score (nSPS) is 14.4. The second-order valence-corrected chi connectivity index (χ2v) is 6.97. The average Bonchev–Trinajstić information content (AvgIpc) is 2.76. The number of anilines is 1. The lowest BCUT2D eigenvalue weighted by atomic mass is 10.0. The van der Waals surface area contributed by atoms with E-state index in [-0.39, 0.29) is 23.3 Å². The van der Waals surface area contributed by atoms with Gasteiger partial charge in [0.2, 0.25) is 11.8 Å². The lowest BCUT2D eigenvalue weighted by molar-refractivity contribution is 0.0713. The molecule has 0 saturated carbocycles. The molecule has 1 aliphatic rings. The minimum atomic E-state index is -0.505. The third kappa shape index (κ3) is 4.71. The van der Waals surface area contributed by atoms with Gasteiger partial charge in [0.15, 0.2) is 0 Å². The predicted molar refractivity (Wildman–Crippen MR) is 107 cm³/mol. The molecular weight excluding hydrogens is 390 g/mol. The highest BCUT2D eigenvalue weighted by molar-refractivity contribution is 5.94. The van der Waals surface area contributed by atoms with Gasteiger partial charge in [0.05, 0.1) is 5.56 Å². The number of piperidine rings is 1. The Morgan fingerprint density at radius 3 is 2.50 bits per heavy atom. The minimum absolute atomic E-state index is 0.0794. The van der Waals surface area contributed by atoms with Crippen molar-refractivity contribution in [3.8, 4) is 11.6 Å². The van der Waals surface area contributed by atoms with Gasteiger partial charge in [-0.25, -0.2) is 13.8 Å². The maximum atomic E-state index is 13.9. The van der Waals surface area contributed by atoms with Crippen LogP contribution in [0.4, 0.5) is 14.7 Å². The largest absolute Gasteiger partial charge is 0.439 e. The standard InChI is InChI=1S/C22H20F2N4O2/c23-15-5-7-17(8-6-15)30-20-9-12-25-22(27-20)26-16-10-13-28(14-11-16)21(29)18-3-1-2-4-19(18)24/h1-9,12,16H,10-11,13-14H2,(H,25,26,27). The number of ether oxygens (including phenoxy) is 1. The molecular formula is C22H20F2N4O2. The van der Waals surface area contributed by atoms with E-state index in [1.807, 2.05) is 0 Å². The Morgan fingerprint density at radius 2 is 1.77 bits per heavy atom. The molecule has 8 heteroatoms. The first-order chi connectivity index (χ1) is 14.6. The zero-order valence-corrected chi connectivity index (χ0v) is 16.1. The van der Waals surface area contributed by atoms with Crippen LogP contribution in [-0.2, 0) is 0 Å². The summed E-state index contributed by atoms with van der Waals surface area (Å²) in [5.74, 6) is 0.0830. The van der Waals surface area contributed by atoms with Gasteiger partial charge in [0, 0.05) is 31.4 Å². The van der Waals surface area contributed by atoms with E-state index in [9.17, 15) is 13.6 Å². The Balaban J connectivity index is 1.33. The Labute approximate surface area is 172 Å². The summed E-state index contributed by atoms with van der Waals surface area (Å²) in [4.78, 5) is 22.7. The number of carbonyl (C=O) groups is 1. The summed E-state index contributed by atoms with van der Waals surface area (Å²) in [7, 11) is 0. The lowest BCUT2D eigenvalue weighted by Gasteiger charge is -2.32. The number of amides is 1. The molecule has 6 nitrogen and oxygen atoms in total. The SMILES string of the molecule is O=C(c1ccccc1F)N1CCC(Nc2nccc(Oc3ccc(F)cc3)n2)CC1. The molecule has 2 heterocycles. The van der Waals surface area contributed by atoms with Crippen LogP contribution in [0.5, 0.6) is 11.6 Å². The van der Waals surface area contributed by atoms with Gasteiger partial charge in [-0.3, -0.25) is 4.79 Å². The summed E-state index contributed by atoms with van der Waals surface area (Å²) in [6.45, 7) is 1.02. The number of hydrogen-bond acceptors (Lipinski definition) is 5. The monoisotopic (exact) mass is 410 g/mol. The summed E-state index contributed by atoms with van der Waals surface area (Å²) >= 11 is 0. The molecule has 30 heavy (non-hydrogen) atoms. The maximum absolute atomic E-state index is 13.9. The molecule has 4 rings (SSSR count). The third-order valence-corrected chi connectivity index (χ3v) is 4.89. The highest BCUT2D eigenvalue weighted by atomic mass is 19.1. The number of aromatic nitrogens is 2. The average molecular weight is 410 g/mol. The van der Waals surface area contributed by atoms with E-state index in [0.29, 0.717) is 43.5 Å². The molecule has 0 aliphatic carbocycles. The van der Waals surface area contributed by atoms with Crippen LogP contribution in [0.15, 0.2) is 60.8 Å². The molecule has 1 N–H and O–H groups in total. The first kappa shape index (κ1) is 19.8. The molecule has 1 aromatic heterocycles. The Morgan fingerprint density at radius 1 is 1.03 bits per heavy atom. The van der Waals surface area contributed by atoms with E-state index in [0.717, 1.165) is 0 Å². The van der Waals surface area contributed by atoms with Crippen molar-refractivity contribution in [3.05, 3.63) is 78.0 Å². The number of benzene rings is 2. The van der Waals surface area contributed by atoms with Crippen LogP contribution in [-0.4, -0.2) is 39.9 Å². The fourth-order valence-electron chi connectivity index (χ4n) is 3.31. The first-order valence-corrected chi connectivity index (χ1v) is 9.65. The zero-order chi connectivity index (χ0) is 20.9. The third-order valence-electron chi connectivity index (χ3n) is 4.89. The van der Waals surface area contributed by atoms with Crippen molar-refractivity contribution in [2.75, 3.05) is 18.4 Å². The lowest BCUT2D eigenvalue weighted by Crippen LogP contribution is -2.42. The van der Waals surface area contributed by atoms with Gasteiger partial charge in [0.1, 0.15) is 17.4 Å². The fourth-order valence-corrected chi connectivity index (χ4v) is 3.31. The maximum Gasteiger partial charge on any atom is 0.256 e. The summed E-state index contributed by atoms with van der Waals surface area (Å²) in [5.41, 5.74) is 0.0953. The number of likely N-dealkylation sites (tertiary alicyclic amines) is 1. The number of hydrogen-bond donors (Lipinski definition) is 1. The van der Waals surface area contributed by atoms with E-state index >= 15 is 0 Å². The topological polar surface area (TPSA) is 67.4 Å².